The molecule has 0 spiro atoms. The Kier molecular flexibility index (Phi) is 11.2. The van der Waals surface area contributed by atoms with E-state index < -0.39 is 0 Å². The van der Waals surface area contributed by atoms with Crippen LogP contribution in [-0.4, -0.2) is 0 Å². The maximum Gasteiger partial charge on any atom is -0.0305 e. The minimum absolute atomic E-state index is 1.15. The standard InChI is InChI=1S/3C10H14/c1-7-5-6-8(2)10(4)9(7)3;1-4-10-7-5-6-8(2)9(10)3;1-3-9-7-5-6-8-10(9)4-2/h5-6H,1-4H3;5-7H,4H2,1-3H3;5-8H,3-4H2,1-2H3. The lowest BCUT2D eigenvalue weighted by Crippen LogP contribution is -1.88. The molecule has 0 heterocycles. The molecule has 0 bridgehead atoms. The van der Waals surface area contributed by atoms with Crippen LogP contribution >= 0.6 is 0 Å². The van der Waals surface area contributed by atoms with Crippen molar-refractivity contribution >= 4 is 0 Å². The summed E-state index contributed by atoms with van der Waals surface area (Å²) in [5.74, 6) is 0. The molecule has 0 aliphatic carbocycles. The van der Waals surface area contributed by atoms with Crippen LogP contribution in [0.4, 0.5) is 0 Å². The minimum atomic E-state index is 1.15. The first kappa shape index (κ1) is 25.7. The van der Waals surface area contributed by atoms with Gasteiger partial charge in [0.2, 0.25) is 0 Å². The zero-order valence-corrected chi connectivity index (χ0v) is 20.8. The molecule has 3 aromatic rings. The molecule has 0 radical (unpaired) electrons. The minimum Gasteiger partial charge on any atom is -0.0620 e. The van der Waals surface area contributed by atoms with Crippen molar-refractivity contribution in [3.63, 3.8) is 0 Å². The lowest BCUT2D eigenvalue weighted by molar-refractivity contribution is 1.04. The van der Waals surface area contributed by atoms with Crippen LogP contribution in [-0.2, 0) is 19.3 Å². The number of hydrogen-bond donors (Lipinski definition) is 0. The highest BCUT2D eigenvalue weighted by atomic mass is 14.0. The summed E-state index contributed by atoms with van der Waals surface area (Å²) in [7, 11) is 0. The molecule has 3 rings (SSSR count). The zero-order chi connectivity index (χ0) is 22.7. The Balaban J connectivity index is 0.000000225. The summed E-state index contributed by atoms with van der Waals surface area (Å²) in [6.07, 6.45) is 3.46. The molecule has 0 unspecified atom stereocenters. The molecule has 0 atom stereocenters. The van der Waals surface area contributed by atoms with E-state index in [0.717, 1.165) is 19.3 Å². The van der Waals surface area contributed by atoms with Crippen LogP contribution < -0.4 is 0 Å². The molecule has 30 heavy (non-hydrogen) atoms. The first-order valence-electron chi connectivity index (χ1n) is 11.4. The Labute approximate surface area is 186 Å². The van der Waals surface area contributed by atoms with Crippen LogP contribution in [0, 0.1) is 41.5 Å². The van der Waals surface area contributed by atoms with Gasteiger partial charge in [0.15, 0.2) is 0 Å². The van der Waals surface area contributed by atoms with E-state index in [2.05, 4.69) is 117 Å². The summed E-state index contributed by atoms with van der Waals surface area (Å²) in [6, 6.07) is 19.5. The first-order chi connectivity index (χ1) is 14.3. The molecule has 0 aromatic heterocycles. The Hall–Kier alpha value is -2.34. The van der Waals surface area contributed by atoms with Gasteiger partial charge in [-0.05, 0) is 111 Å². The second-order valence-electron chi connectivity index (χ2n) is 8.14. The van der Waals surface area contributed by atoms with Crippen LogP contribution in [0.5, 0.6) is 0 Å². The summed E-state index contributed by atoms with van der Waals surface area (Å²) < 4.78 is 0. The highest BCUT2D eigenvalue weighted by Crippen LogP contribution is 2.15. The van der Waals surface area contributed by atoms with Crippen molar-refractivity contribution in [2.45, 2.75) is 81.6 Å². The smallest absolute Gasteiger partial charge is 0.0305 e. The average Bonchev–Trinajstić information content (AvgIpc) is 2.77. The molecule has 0 aliphatic heterocycles. The quantitative estimate of drug-likeness (QED) is 0.411. The molecule has 162 valence electrons. The van der Waals surface area contributed by atoms with Crippen LogP contribution in [0.3, 0.4) is 0 Å². The molecule has 3 aromatic carbocycles. The third kappa shape index (κ3) is 7.48. The van der Waals surface area contributed by atoms with Crippen LogP contribution in [0.2, 0.25) is 0 Å². The SMILES string of the molecule is CCc1cccc(C)c1C.CCc1ccccc1CC.Cc1ccc(C)c(C)c1C. The number of aryl methyl sites for hydroxylation is 6. The van der Waals surface area contributed by atoms with E-state index in [0.29, 0.717) is 0 Å². The molecule has 0 heteroatoms. The van der Waals surface area contributed by atoms with Gasteiger partial charge in [-0.25, -0.2) is 0 Å². The van der Waals surface area contributed by atoms with Crippen molar-refractivity contribution in [1.82, 2.24) is 0 Å². The summed E-state index contributed by atoms with van der Waals surface area (Å²) in [4.78, 5) is 0. The van der Waals surface area contributed by atoms with E-state index >= 15 is 0 Å². The summed E-state index contributed by atoms with van der Waals surface area (Å²) in [5, 5.41) is 0. The third-order valence-electron chi connectivity index (χ3n) is 6.31. The topological polar surface area (TPSA) is 0 Å². The van der Waals surface area contributed by atoms with E-state index in [1.807, 2.05) is 0 Å². The van der Waals surface area contributed by atoms with Crippen molar-refractivity contribution in [2.24, 2.45) is 0 Å². The molecule has 0 saturated carbocycles. The molecule has 0 saturated heterocycles. The molecule has 0 amide bonds. The number of rotatable bonds is 3. The van der Waals surface area contributed by atoms with Crippen LogP contribution in [0.25, 0.3) is 0 Å². The first-order valence-corrected chi connectivity index (χ1v) is 11.4. The van der Waals surface area contributed by atoms with Crippen molar-refractivity contribution in [3.8, 4) is 0 Å². The van der Waals surface area contributed by atoms with Gasteiger partial charge in [0.05, 0.1) is 0 Å². The second kappa shape index (κ2) is 13.1. The Morgan fingerprint density at radius 1 is 0.400 bits per heavy atom. The maximum absolute atomic E-state index is 2.21. The van der Waals surface area contributed by atoms with Gasteiger partial charge in [0.25, 0.3) is 0 Å². The summed E-state index contributed by atoms with van der Waals surface area (Å²) in [6.45, 7) is 19.6. The van der Waals surface area contributed by atoms with Gasteiger partial charge >= 0.3 is 0 Å². The molecule has 0 nitrogen and oxygen atoms in total. The Morgan fingerprint density at radius 2 is 0.767 bits per heavy atom. The van der Waals surface area contributed by atoms with E-state index in [1.165, 1.54) is 50.1 Å². The van der Waals surface area contributed by atoms with Gasteiger partial charge in [-0.2, -0.15) is 0 Å². The van der Waals surface area contributed by atoms with Gasteiger partial charge in [0, 0.05) is 0 Å². The fourth-order valence-corrected chi connectivity index (χ4v) is 3.53. The highest BCUT2D eigenvalue weighted by molar-refractivity contribution is 5.37. The van der Waals surface area contributed by atoms with E-state index in [4.69, 9.17) is 0 Å². The van der Waals surface area contributed by atoms with Gasteiger partial charge < -0.3 is 0 Å². The normalized spacial score (nSPS) is 9.90. The Bertz CT molecular complexity index is 865. The van der Waals surface area contributed by atoms with Crippen molar-refractivity contribution < 1.29 is 0 Å². The molecular formula is C30H42. The van der Waals surface area contributed by atoms with Crippen LogP contribution in [0.15, 0.2) is 54.6 Å². The van der Waals surface area contributed by atoms with E-state index in [1.54, 1.807) is 0 Å². The van der Waals surface area contributed by atoms with Crippen molar-refractivity contribution in [3.05, 3.63) is 105 Å². The van der Waals surface area contributed by atoms with Gasteiger partial charge in [-0.1, -0.05) is 75.4 Å². The zero-order valence-electron chi connectivity index (χ0n) is 20.8. The Morgan fingerprint density at radius 3 is 1.13 bits per heavy atom. The second-order valence-corrected chi connectivity index (χ2v) is 8.14. The molecular weight excluding hydrogens is 360 g/mol. The largest absolute Gasteiger partial charge is 0.0620 e. The lowest BCUT2D eigenvalue weighted by Gasteiger charge is -2.06. The van der Waals surface area contributed by atoms with E-state index in [-0.39, 0.29) is 0 Å². The number of benzene rings is 3. The third-order valence-corrected chi connectivity index (χ3v) is 6.31. The summed E-state index contributed by atoms with van der Waals surface area (Å²) in [5.41, 5.74) is 12.9. The predicted octanol–water partition coefficient (Wildman–Crippen LogP) is 8.60. The molecule has 0 N–H and O–H groups in total. The fraction of sp³-hybridized carbons (Fsp3) is 0.400. The van der Waals surface area contributed by atoms with Gasteiger partial charge in [0.1, 0.15) is 0 Å². The highest BCUT2D eigenvalue weighted by Gasteiger charge is 1.98. The van der Waals surface area contributed by atoms with Gasteiger partial charge in [-0.15, -0.1) is 0 Å². The summed E-state index contributed by atoms with van der Waals surface area (Å²) >= 11 is 0. The fourth-order valence-electron chi connectivity index (χ4n) is 3.53. The van der Waals surface area contributed by atoms with Gasteiger partial charge in [-0.3, -0.25) is 0 Å². The van der Waals surface area contributed by atoms with Crippen LogP contribution in [0.1, 0.15) is 70.8 Å². The predicted molar refractivity (Wildman–Crippen MR) is 136 cm³/mol. The molecule has 0 fully saturated rings. The molecule has 0 aliphatic rings. The number of hydrogen-bond acceptors (Lipinski definition) is 0. The average molecular weight is 403 g/mol. The van der Waals surface area contributed by atoms with Crippen molar-refractivity contribution in [2.75, 3.05) is 0 Å². The maximum atomic E-state index is 2.21. The monoisotopic (exact) mass is 402 g/mol. The van der Waals surface area contributed by atoms with E-state index in [9.17, 15) is 0 Å². The lowest BCUT2D eigenvalue weighted by atomic mass is 10.0. The van der Waals surface area contributed by atoms with Crippen molar-refractivity contribution in [1.29, 1.82) is 0 Å².